The molecule has 250 valence electrons. The fraction of sp³-hybridized carbons (Fsp3) is 0.629. The molecule has 0 aromatic carbocycles. The Morgan fingerprint density at radius 3 is 2.69 bits per heavy atom. The lowest BCUT2D eigenvalue weighted by Gasteiger charge is -2.42. The van der Waals surface area contributed by atoms with Crippen LogP contribution < -0.4 is 15.4 Å². The van der Waals surface area contributed by atoms with E-state index in [2.05, 4.69) is 20.6 Å². The quantitative estimate of drug-likeness (QED) is 0.308. The van der Waals surface area contributed by atoms with Crippen molar-refractivity contribution in [1.29, 1.82) is 5.26 Å². The van der Waals surface area contributed by atoms with Crippen LogP contribution >= 0.6 is 11.3 Å². The Labute approximate surface area is 282 Å². The van der Waals surface area contributed by atoms with Crippen molar-refractivity contribution in [3.05, 3.63) is 27.3 Å². The molecule has 1 saturated carbocycles. The van der Waals surface area contributed by atoms with Crippen molar-refractivity contribution in [2.45, 2.75) is 113 Å². The van der Waals surface area contributed by atoms with Crippen molar-refractivity contribution in [1.82, 2.24) is 29.8 Å². The Morgan fingerprint density at radius 2 is 1.88 bits per heavy atom. The number of aliphatic hydroxyl groups is 1. The summed E-state index contributed by atoms with van der Waals surface area (Å²) in [7, 11) is 0. The second-order valence-electron chi connectivity index (χ2n) is 15.3. The summed E-state index contributed by atoms with van der Waals surface area (Å²) >= 11 is 1.55. The van der Waals surface area contributed by atoms with E-state index in [1.807, 2.05) is 6.92 Å². The highest BCUT2D eigenvalue weighted by atomic mass is 32.1. The summed E-state index contributed by atoms with van der Waals surface area (Å²) in [4.78, 5) is 16.6. The van der Waals surface area contributed by atoms with Crippen molar-refractivity contribution < 1.29 is 14.4 Å². The maximum atomic E-state index is 11.3. The van der Waals surface area contributed by atoms with E-state index in [-0.39, 0.29) is 12.1 Å². The number of piperidine rings is 1. The molecule has 7 heterocycles. The van der Waals surface area contributed by atoms with Gasteiger partial charge in [0.25, 0.3) is 0 Å². The van der Waals surface area contributed by atoms with Gasteiger partial charge in [-0.2, -0.15) is 5.26 Å². The van der Waals surface area contributed by atoms with E-state index < -0.39 is 11.0 Å². The summed E-state index contributed by atoms with van der Waals surface area (Å²) in [5.41, 5.74) is 9.28. The van der Waals surface area contributed by atoms with E-state index in [1.54, 1.807) is 11.3 Å². The Kier molecular flexibility index (Phi) is 6.32. The number of nitrogens with two attached hydrogens (primary N) is 1. The third kappa shape index (κ3) is 4.05. The first-order valence-electron chi connectivity index (χ1n) is 17.8. The number of hydrogen-bond acceptors (Lipinski definition) is 12. The predicted octanol–water partition coefficient (Wildman–Crippen LogP) is 4.87. The van der Waals surface area contributed by atoms with Gasteiger partial charge in [0.15, 0.2) is 22.9 Å². The minimum atomic E-state index is -0.846. The molecule has 48 heavy (non-hydrogen) atoms. The third-order valence-electron chi connectivity index (χ3n) is 12.3. The maximum absolute atomic E-state index is 11.3. The Balaban J connectivity index is 1.17. The lowest BCUT2D eigenvalue weighted by atomic mass is 9.63. The summed E-state index contributed by atoms with van der Waals surface area (Å²) < 4.78 is 15.0. The van der Waals surface area contributed by atoms with Crippen molar-refractivity contribution in [3.63, 3.8) is 0 Å². The Morgan fingerprint density at radius 1 is 1.04 bits per heavy atom. The summed E-state index contributed by atoms with van der Waals surface area (Å²) in [5, 5.41) is 32.8. The number of nitriles is 1. The molecule has 2 saturated heterocycles. The predicted molar refractivity (Wildman–Crippen MR) is 180 cm³/mol. The van der Waals surface area contributed by atoms with Gasteiger partial charge in [0.2, 0.25) is 5.88 Å². The molecule has 1 spiro atoms. The molecule has 10 rings (SSSR count). The Hall–Kier alpha value is -3.73. The minimum absolute atomic E-state index is 0.0720. The smallest absolute Gasteiger partial charge is 0.246 e. The van der Waals surface area contributed by atoms with E-state index in [0.717, 1.165) is 111 Å². The van der Waals surface area contributed by atoms with Crippen LogP contribution in [0, 0.1) is 11.3 Å². The van der Waals surface area contributed by atoms with E-state index in [9.17, 15) is 10.4 Å². The van der Waals surface area contributed by atoms with Gasteiger partial charge in [-0.15, -0.1) is 16.4 Å². The van der Waals surface area contributed by atoms with Crippen LogP contribution in [0.1, 0.15) is 105 Å². The van der Waals surface area contributed by atoms with E-state index in [0.29, 0.717) is 53.6 Å². The van der Waals surface area contributed by atoms with Crippen molar-refractivity contribution in [3.8, 4) is 23.5 Å². The lowest BCUT2D eigenvalue weighted by Crippen LogP contribution is -2.53. The number of fused-ring (bicyclic) bond motifs is 6. The number of nitrogen functional groups attached to an aromatic ring is 1. The molecule has 6 aliphatic rings. The van der Waals surface area contributed by atoms with Gasteiger partial charge in [0, 0.05) is 23.0 Å². The highest BCUT2D eigenvalue weighted by molar-refractivity contribution is 7.16. The van der Waals surface area contributed by atoms with Gasteiger partial charge in [0.05, 0.1) is 28.7 Å². The van der Waals surface area contributed by atoms with Gasteiger partial charge in [-0.05, 0) is 103 Å². The second kappa shape index (κ2) is 10.4. The standard InChI is InChI=1S/C35H41N9O3S/c1-34(45)13-10-19-17-46-33-25-31(43(19)18-34)38-30(39-32(25)44(40-33)23-8-2-7-22(23)42-14-5-15-42)27-20-6-3-11-35(28(20)47-41-27)12-4-9-24-26(35)21(16-36)29(37)48-24/h19,22-23,45H,2-15,17-18,37H2,1H3. The van der Waals surface area contributed by atoms with Crippen molar-refractivity contribution in [2.24, 2.45) is 0 Å². The molecular formula is C35H41N9O3S. The fourth-order valence-electron chi connectivity index (χ4n) is 9.96. The molecule has 3 N–H and O–H groups in total. The van der Waals surface area contributed by atoms with Crippen LogP contribution in [0.2, 0.25) is 0 Å². The van der Waals surface area contributed by atoms with Gasteiger partial charge >= 0.3 is 0 Å². The van der Waals surface area contributed by atoms with Gasteiger partial charge in [0.1, 0.15) is 28.9 Å². The van der Waals surface area contributed by atoms with Crippen molar-refractivity contribution >= 4 is 33.2 Å². The number of ether oxygens (including phenoxy) is 1. The van der Waals surface area contributed by atoms with Crippen molar-refractivity contribution in [2.75, 3.05) is 36.9 Å². The summed E-state index contributed by atoms with van der Waals surface area (Å²) in [6.07, 6.45) is 11.6. The molecule has 0 radical (unpaired) electrons. The fourth-order valence-corrected chi connectivity index (χ4v) is 11.1. The molecule has 3 aliphatic heterocycles. The minimum Gasteiger partial charge on any atom is -0.474 e. The number of hydrogen-bond donors (Lipinski definition) is 2. The molecule has 3 fully saturated rings. The number of aromatic nitrogens is 5. The summed E-state index contributed by atoms with van der Waals surface area (Å²) in [6, 6.07) is 3.12. The van der Waals surface area contributed by atoms with Gasteiger partial charge in [-0.25, -0.2) is 14.6 Å². The first-order chi connectivity index (χ1) is 23.3. The van der Waals surface area contributed by atoms with Gasteiger partial charge < -0.3 is 25.0 Å². The highest BCUT2D eigenvalue weighted by Gasteiger charge is 2.49. The molecule has 5 unspecified atom stereocenters. The molecule has 4 aromatic rings. The molecule has 0 amide bonds. The average molecular weight is 668 g/mol. The molecule has 12 nitrogen and oxygen atoms in total. The number of aryl methyl sites for hydroxylation is 1. The highest BCUT2D eigenvalue weighted by Crippen LogP contribution is 2.55. The molecule has 0 bridgehead atoms. The normalized spacial score (nSPS) is 31.1. The average Bonchev–Trinajstić information content (AvgIpc) is 3.82. The molecule has 13 heteroatoms. The maximum Gasteiger partial charge on any atom is 0.246 e. The van der Waals surface area contributed by atoms with Crippen LogP contribution in [0.5, 0.6) is 5.88 Å². The Bertz CT molecular complexity index is 2000. The van der Waals surface area contributed by atoms with Crippen LogP contribution in [0.15, 0.2) is 4.52 Å². The van der Waals surface area contributed by atoms with Crippen LogP contribution in [-0.2, 0) is 18.3 Å². The number of rotatable bonds is 3. The largest absolute Gasteiger partial charge is 0.474 e. The topological polar surface area (TPSA) is 155 Å². The molecular weight excluding hydrogens is 627 g/mol. The lowest BCUT2D eigenvalue weighted by molar-refractivity contribution is 0.0321. The monoisotopic (exact) mass is 667 g/mol. The van der Waals surface area contributed by atoms with E-state index in [1.165, 1.54) is 11.3 Å². The SMILES string of the molecule is CC1(O)CCC2COc3nn(C4CCCC4N4CCC4)c4nc(-c5noc6c5CCCC65CCCc6sc(N)c(C#N)c65)nc(c34)N2C1. The molecule has 4 aromatic heterocycles. The molecule has 5 atom stereocenters. The number of anilines is 2. The van der Waals surface area contributed by atoms with Gasteiger partial charge in [-0.3, -0.25) is 4.90 Å². The second-order valence-corrected chi connectivity index (χ2v) is 16.4. The third-order valence-corrected chi connectivity index (χ3v) is 13.4. The summed E-state index contributed by atoms with van der Waals surface area (Å²) in [5.74, 6) is 2.72. The van der Waals surface area contributed by atoms with E-state index in [4.69, 9.17) is 35.2 Å². The molecule has 3 aliphatic carbocycles. The van der Waals surface area contributed by atoms with Gasteiger partial charge in [-0.1, -0.05) is 5.16 Å². The van der Waals surface area contributed by atoms with Crippen LogP contribution in [0.4, 0.5) is 10.8 Å². The van der Waals surface area contributed by atoms with E-state index >= 15 is 0 Å². The van der Waals surface area contributed by atoms with Crippen LogP contribution in [0.25, 0.3) is 22.6 Å². The van der Waals surface area contributed by atoms with Crippen LogP contribution in [0.3, 0.4) is 0 Å². The number of likely N-dealkylation sites (tertiary alicyclic amines) is 1. The first-order valence-corrected chi connectivity index (χ1v) is 18.6. The summed E-state index contributed by atoms with van der Waals surface area (Å²) in [6.45, 7) is 5.13. The number of thiophene rings is 1. The van der Waals surface area contributed by atoms with Crippen LogP contribution in [-0.4, -0.2) is 78.8 Å². The zero-order chi connectivity index (χ0) is 32.4. The first kappa shape index (κ1) is 29.2. The zero-order valence-electron chi connectivity index (χ0n) is 27.4. The number of nitrogens with zero attached hydrogens (tertiary/aromatic N) is 8. The zero-order valence-corrected chi connectivity index (χ0v) is 28.2.